The van der Waals surface area contributed by atoms with Crippen LogP contribution in [0.25, 0.3) is 0 Å². The van der Waals surface area contributed by atoms with Crippen LogP contribution in [0.4, 0.5) is 0 Å². The fraction of sp³-hybridized carbons (Fsp3) is 0.286. The molecule has 0 amide bonds. The Kier molecular flexibility index (Phi) is 4.58. The first-order chi connectivity index (χ1) is 4.80. The van der Waals surface area contributed by atoms with Crippen LogP contribution in [0.3, 0.4) is 0 Å². The summed E-state index contributed by atoms with van der Waals surface area (Å²) in [7, 11) is 0. The maximum absolute atomic E-state index is 8.73. The van der Waals surface area contributed by atoms with Gasteiger partial charge in [-0.2, -0.15) is 4.73 Å². The summed E-state index contributed by atoms with van der Waals surface area (Å²) < 4.78 is 1.32. The van der Waals surface area contributed by atoms with Crippen molar-refractivity contribution in [3.05, 3.63) is 29.0 Å². The van der Waals surface area contributed by atoms with Gasteiger partial charge in [-0.05, 0) is 12.1 Å². The summed E-state index contributed by atoms with van der Waals surface area (Å²) in [5.74, 6) is 0. The summed E-state index contributed by atoms with van der Waals surface area (Å²) in [5.41, 5.74) is 0. The zero-order valence-electron chi connectivity index (χ0n) is 6.11. The number of hydrogen-bond acceptors (Lipinski definition) is 2. The van der Waals surface area contributed by atoms with Gasteiger partial charge in [0.1, 0.15) is 4.64 Å². The van der Waals surface area contributed by atoms with E-state index in [0.717, 1.165) is 4.73 Å². The Morgan fingerprint density at radius 1 is 1.40 bits per heavy atom. The lowest BCUT2D eigenvalue weighted by atomic mass is 10.5. The Labute approximate surface area is 65.7 Å². The SMILES string of the molecule is CC.On1ccccc1=S. The van der Waals surface area contributed by atoms with Gasteiger partial charge in [-0.25, -0.2) is 0 Å². The molecule has 0 unspecified atom stereocenters. The molecule has 1 heterocycles. The second kappa shape index (κ2) is 4.99. The highest BCUT2D eigenvalue weighted by Gasteiger charge is 1.77. The van der Waals surface area contributed by atoms with Crippen molar-refractivity contribution in [2.24, 2.45) is 0 Å². The number of nitrogens with zero attached hydrogens (tertiary/aromatic N) is 1. The Morgan fingerprint density at radius 3 is 2.30 bits per heavy atom. The molecule has 1 aromatic rings. The molecule has 1 aromatic heterocycles. The molecule has 0 aliphatic carbocycles. The molecule has 0 fully saturated rings. The summed E-state index contributed by atoms with van der Waals surface area (Å²) in [6.07, 6.45) is 1.49. The van der Waals surface area contributed by atoms with Gasteiger partial charge in [-0.3, -0.25) is 0 Å². The molecule has 1 rings (SSSR count). The molecular weight excluding hydrogens is 146 g/mol. The van der Waals surface area contributed by atoms with Gasteiger partial charge in [0.05, 0.1) is 0 Å². The molecule has 0 radical (unpaired) electrons. The zero-order valence-corrected chi connectivity index (χ0v) is 6.93. The number of aromatic nitrogens is 1. The molecule has 0 bridgehead atoms. The molecule has 10 heavy (non-hydrogen) atoms. The van der Waals surface area contributed by atoms with E-state index in [-0.39, 0.29) is 0 Å². The van der Waals surface area contributed by atoms with Gasteiger partial charge in [0.25, 0.3) is 0 Å². The minimum absolute atomic E-state index is 0.424. The lowest BCUT2D eigenvalue weighted by molar-refractivity contribution is 0.180. The van der Waals surface area contributed by atoms with Gasteiger partial charge < -0.3 is 5.21 Å². The van der Waals surface area contributed by atoms with Crippen molar-refractivity contribution in [2.45, 2.75) is 13.8 Å². The molecule has 1 N–H and O–H groups in total. The Morgan fingerprint density at radius 2 is 2.00 bits per heavy atom. The molecule has 2 nitrogen and oxygen atoms in total. The quantitative estimate of drug-likeness (QED) is 0.462. The van der Waals surface area contributed by atoms with E-state index < -0.39 is 0 Å². The van der Waals surface area contributed by atoms with E-state index in [9.17, 15) is 0 Å². The molecule has 0 aromatic carbocycles. The second-order valence-corrected chi connectivity index (χ2v) is 1.80. The van der Waals surface area contributed by atoms with Crippen molar-refractivity contribution in [1.82, 2.24) is 4.73 Å². The molecule has 0 saturated heterocycles. The fourth-order valence-electron chi connectivity index (χ4n) is 0.419. The van der Waals surface area contributed by atoms with Gasteiger partial charge >= 0.3 is 0 Å². The highest BCUT2D eigenvalue weighted by Crippen LogP contribution is 1.86. The van der Waals surface area contributed by atoms with E-state index >= 15 is 0 Å². The largest absolute Gasteiger partial charge is 0.428 e. The van der Waals surface area contributed by atoms with Crippen molar-refractivity contribution >= 4 is 12.2 Å². The minimum Gasteiger partial charge on any atom is -0.428 e. The predicted molar refractivity (Wildman–Crippen MR) is 43.8 cm³/mol. The monoisotopic (exact) mass is 157 g/mol. The average molecular weight is 157 g/mol. The number of hydrogen-bond donors (Lipinski definition) is 1. The summed E-state index contributed by atoms with van der Waals surface area (Å²) in [6.45, 7) is 4.00. The van der Waals surface area contributed by atoms with Crippen LogP contribution in [0.2, 0.25) is 0 Å². The summed E-state index contributed by atoms with van der Waals surface area (Å²) in [4.78, 5) is 0. The Hall–Kier alpha value is -0.830. The Bertz CT molecular complexity index is 231. The van der Waals surface area contributed by atoms with Gasteiger partial charge in [-0.1, -0.05) is 32.1 Å². The maximum Gasteiger partial charge on any atom is 0.142 e. The van der Waals surface area contributed by atoms with E-state index in [0.29, 0.717) is 4.64 Å². The highest BCUT2D eigenvalue weighted by molar-refractivity contribution is 7.71. The van der Waals surface area contributed by atoms with Crippen molar-refractivity contribution in [2.75, 3.05) is 0 Å². The van der Waals surface area contributed by atoms with Gasteiger partial charge in [0, 0.05) is 6.20 Å². The molecule has 0 saturated carbocycles. The third-order valence-electron chi connectivity index (χ3n) is 0.803. The van der Waals surface area contributed by atoms with Gasteiger partial charge in [0.15, 0.2) is 0 Å². The number of rotatable bonds is 0. The Balaban J connectivity index is 0.000000371. The van der Waals surface area contributed by atoms with Gasteiger partial charge in [-0.15, -0.1) is 0 Å². The van der Waals surface area contributed by atoms with Crippen LogP contribution >= 0.6 is 12.2 Å². The summed E-state index contributed by atoms with van der Waals surface area (Å²) in [6, 6.07) is 5.13. The second-order valence-electron chi connectivity index (χ2n) is 1.38. The average Bonchev–Trinajstić information content (AvgIpc) is 2.00. The summed E-state index contributed by atoms with van der Waals surface area (Å²) in [5, 5.41) is 8.73. The van der Waals surface area contributed by atoms with Crippen molar-refractivity contribution in [1.29, 1.82) is 0 Å². The topological polar surface area (TPSA) is 25.2 Å². The molecule has 0 aliphatic heterocycles. The van der Waals surface area contributed by atoms with Crippen LogP contribution in [0.15, 0.2) is 24.4 Å². The van der Waals surface area contributed by atoms with Crippen molar-refractivity contribution in [3.8, 4) is 0 Å². The van der Waals surface area contributed by atoms with E-state index in [2.05, 4.69) is 12.2 Å². The van der Waals surface area contributed by atoms with E-state index in [1.807, 2.05) is 13.8 Å². The predicted octanol–water partition coefficient (Wildman–Crippen LogP) is 2.48. The smallest absolute Gasteiger partial charge is 0.142 e. The number of pyridine rings is 1. The van der Waals surface area contributed by atoms with Crippen LogP contribution in [0, 0.1) is 4.64 Å². The molecule has 3 heteroatoms. The molecule has 0 spiro atoms. The first-order valence-corrected chi connectivity index (χ1v) is 3.58. The van der Waals surface area contributed by atoms with Crippen molar-refractivity contribution in [3.63, 3.8) is 0 Å². The third-order valence-corrected chi connectivity index (χ3v) is 1.13. The normalized spacial score (nSPS) is 7.80. The summed E-state index contributed by atoms with van der Waals surface area (Å²) >= 11 is 4.67. The van der Waals surface area contributed by atoms with Crippen LogP contribution in [0.1, 0.15) is 13.8 Å². The van der Waals surface area contributed by atoms with Crippen molar-refractivity contribution < 1.29 is 5.21 Å². The highest BCUT2D eigenvalue weighted by atomic mass is 32.1. The van der Waals surface area contributed by atoms with Crippen LogP contribution in [0.5, 0.6) is 0 Å². The third kappa shape index (κ3) is 2.64. The van der Waals surface area contributed by atoms with Gasteiger partial charge in [0.2, 0.25) is 0 Å². The molecule has 0 aliphatic rings. The standard InChI is InChI=1S/C5H5NOS.C2H6/c7-6-4-2-1-3-5(6)8;1-2/h1-4,7H;1-2H3. The molecule has 56 valence electrons. The first kappa shape index (κ1) is 9.17. The first-order valence-electron chi connectivity index (χ1n) is 3.17. The lowest BCUT2D eigenvalue weighted by Gasteiger charge is -1.90. The fourth-order valence-corrected chi connectivity index (χ4v) is 0.558. The van der Waals surface area contributed by atoms with E-state index in [1.165, 1.54) is 6.20 Å². The lowest BCUT2D eigenvalue weighted by Crippen LogP contribution is -1.89. The zero-order chi connectivity index (χ0) is 7.98. The van der Waals surface area contributed by atoms with Crippen LogP contribution in [-0.2, 0) is 0 Å². The minimum atomic E-state index is 0.424. The van der Waals surface area contributed by atoms with E-state index in [1.54, 1.807) is 18.2 Å². The molecule has 0 atom stereocenters. The molecular formula is C7H11NOS. The van der Waals surface area contributed by atoms with Crippen LogP contribution in [-0.4, -0.2) is 9.94 Å². The van der Waals surface area contributed by atoms with E-state index in [4.69, 9.17) is 5.21 Å². The maximum atomic E-state index is 8.73. The van der Waals surface area contributed by atoms with Crippen LogP contribution < -0.4 is 0 Å².